The van der Waals surface area contributed by atoms with E-state index >= 15 is 0 Å². The second-order valence-corrected chi connectivity index (χ2v) is 7.91. The van der Waals surface area contributed by atoms with E-state index in [-0.39, 0.29) is 5.91 Å². The van der Waals surface area contributed by atoms with Gasteiger partial charge in [0, 0.05) is 17.0 Å². The van der Waals surface area contributed by atoms with Gasteiger partial charge in [0.2, 0.25) is 5.75 Å². The van der Waals surface area contributed by atoms with Crippen LogP contribution in [0.4, 0.5) is 0 Å². The Balaban J connectivity index is 2.15. The minimum absolute atomic E-state index is 0.356. The topological polar surface area (TPSA) is 62.1 Å². The number of thiazole rings is 1. The summed E-state index contributed by atoms with van der Waals surface area (Å²) < 4.78 is 18.2. The first-order valence-electron chi connectivity index (χ1n) is 10.2. The number of nitrogens with zero attached hydrogens (tertiary/aromatic N) is 2. The maximum Gasteiger partial charge on any atom is 0.279 e. The molecule has 3 aromatic rings. The van der Waals surface area contributed by atoms with Crippen LogP contribution in [0.25, 0.3) is 11.3 Å². The average molecular weight is 441 g/mol. The average Bonchev–Trinajstić information content (AvgIpc) is 3.15. The third-order valence-electron chi connectivity index (χ3n) is 4.93. The maximum absolute atomic E-state index is 13.1. The van der Waals surface area contributed by atoms with Crippen molar-refractivity contribution in [1.29, 1.82) is 0 Å². The van der Waals surface area contributed by atoms with Gasteiger partial charge in [-0.2, -0.15) is 4.99 Å². The van der Waals surface area contributed by atoms with Crippen LogP contribution in [0.2, 0.25) is 0 Å². The second-order valence-electron chi connectivity index (χ2n) is 6.85. The molecular weight excluding hydrogens is 412 g/mol. The summed E-state index contributed by atoms with van der Waals surface area (Å²) >= 11 is 1.57. The maximum atomic E-state index is 13.1. The van der Waals surface area contributed by atoms with Crippen LogP contribution in [0.1, 0.15) is 35.5 Å². The predicted molar refractivity (Wildman–Crippen MR) is 123 cm³/mol. The van der Waals surface area contributed by atoms with Gasteiger partial charge in [-0.25, -0.2) is 0 Å². The highest BCUT2D eigenvalue weighted by Crippen LogP contribution is 2.38. The summed E-state index contributed by atoms with van der Waals surface area (Å²) in [6, 6.07) is 13.5. The number of aromatic nitrogens is 1. The zero-order chi connectivity index (χ0) is 22.4. The minimum atomic E-state index is -0.356. The lowest BCUT2D eigenvalue weighted by Crippen LogP contribution is -2.17. The van der Waals surface area contributed by atoms with Gasteiger partial charge in [0.15, 0.2) is 16.3 Å². The number of hydrogen-bond acceptors (Lipinski definition) is 5. The van der Waals surface area contributed by atoms with Gasteiger partial charge >= 0.3 is 0 Å². The predicted octanol–water partition coefficient (Wildman–Crippen LogP) is 4.96. The largest absolute Gasteiger partial charge is 0.493 e. The summed E-state index contributed by atoms with van der Waals surface area (Å²) in [6.07, 6.45) is 1.95. The van der Waals surface area contributed by atoms with E-state index in [1.165, 1.54) is 26.2 Å². The molecule has 0 aliphatic heterocycles. The van der Waals surface area contributed by atoms with E-state index in [1.807, 2.05) is 18.2 Å². The van der Waals surface area contributed by atoms with E-state index in [1.54, 1.807) is 23.5 Å². The van der Waals surface area contributed by atoms with Gasteiger partial charge in [-0.15, -0.1) is 11.3 Å². The number of benzene rings is 2. The van der Waals surface area contributed by atoms with Crippen molar-refractivity contribution in [3.8, 4) is 28.5 Å². The van der Waals surface area contributed by atoms with E-state index in [0.29, 0.717) is 34.2 Å². The highest BCUT2D eigenvalue weighted by Gasteiger charge is 2.18. The van der Waals surface area contributed by atoms with E-state index in [0.717, 1.165) is 24.1 Å². The number of amides is 1. The number of aryl methyl sites for hydroxylation is 1. The lowest BCUT2D eigenvalue weighted by atomic mass is 10.1. The lowest BCUT2D eigenvalue weighted by Gasteiger charge is -2.12. The van der Waals surface area contributed by atoms with Gasteiger partial charge in [0.25, 0.3) is 5.91 Å². The Morgan fingerprint density at radius 3 is 2.16 bits per heavy atom. The Bertz CT molecular complexity index is 1090. The van der Waals surface area contributed by atoms with Crippen LogP contribution < -0.4 is 19.0 Å². The molecule has 164 valence electrons. The molecule has 0 N–H and O–H groups in total. The van der Waals surface area contributed by atoms with Gasteiger partial charge in [-0.3, -0.25) is 4.79 Å². The Hall–Kier alpha value is -3.06. The smallest absolute Gasteiger partial charge is 0.279 e. The van der Waals surface area contributed by atoms with Crippen LogP contribution in [0.3, 0.4) is 0 Å². The number of ether oxygens (including phenoxy) is 3. The molecule has 0 spiro atoms. The zero-order valence-electron chi connectivity index (χ0n) is 18.6. The van der Waals surface area contributed by atoms with Crippen LogP contribution >= 0.6 is 11.3 Å². The van der Waals surface area contributed by atoms with Crippen LogP contribution in [0, 0.1) is 0 Å². The fourth-order valence-corrected chi connectivity index (χ4v) is 4.81. The van der Waals surface area contributed by atoms with Gasteiger partial charge in [0.05, 0.1) is 27.0 Å². The molecule has 6 nitrogen and oxygen atoms in total. The molecule has 7 heteroatoms. The number of carbonyl (C=O) groups is 1. The van der Waals surface area contributed by atoms with E-state index in [4.69, 9.17) is 14.2 Å². The molecule has 0 aliphatic rings. The van der Waals surface area contributed by atoms with Crippen molar-refractivity contribution in [2.24, 2.45) is 4.99 Å². The normalized spacial score (nSPS) is 11.5. The Morgan fingerprint density at radius 2 is 1.65 bits per heavy atom. The monoisotopic (exact) mass is 440 g/mol. The Morgan fingerprint density at radius 1 is 1.00 bits per heavy atom. The molecule has 0 saturated heterocycles. The fraction of sp³-hybridized carbons (Fsp3) is 0.333. The molecule has 2 aromatic carbocycles. The molecule has 0 saturated carbocycles. The molecule has 0 atom stereocenters. The fourth-order valence-electron chi connectivity index (χ4n) is 3.50. The zero-order valence-corrected chi connectivity index (χ0v) is 19.4. The summed E-state index contributed by atoms with van der Waals surface area (Å²) in [5.41, 5.74) is 2.64. The molecule has 0 unspecified atom stereocenters. The van der Waals surface area contributed by atoms with Crippen LogP contribution in [0.5, 0.6) is 17.2 Å². The summed E-state index contributed by atoms with van der Waals surface area (Å²) in [5.74, 6) is 0.932. The van der Waals surface area contributed by atoms with Crippen LogP contribution in [-0.4, -0.2) is 31.8 Å². The third-order valence-corrected chi connectivity index (χ3v) is 6.07. The third kappa shape index (κ3) is 4.66. The van der Waals surface area contributed by atoms with Crippen LogP contribution in [0.15, 0.2) is 47.5 Å². The highest BCUT2D eigenvalue weighted by molar-refractivity contribution is 7.09. The van der Waals surface area contributed by atoms with Crippen LogP contribution in [-0.2, 0) is 13.0 Å². The summed E-state index contributed by atoms with van der Waals surface area (Å²) in [4.78, 5) is 19.5. The quantitative estimate of drug-likeness (QED) is 0.497. The number of hydrogen-bond donors (Lipinski definition) is 0. The van der Waals surface area contributed by atoms with E-state index in [2.05, 4.69) is 35.5 Å². The molecule has 0 bridgehead atoms. The van der Waals surface area contributed by atoms with Gasteiger partial charge < -0.3 is 18.8 Å². The highest BCUT2D eigenvalue weighted by atomic mass is 32.1. The molecule has 0 fully saturated rings. The summed E-state index contributed by atoms with van der Waals surface area (Å²) in [5, 5.41) is 0. The Labute approximate surface area is 186 Å². The van der Waals surface area contributed by atoms with Crippen molar-refractivity contribution >= 4 is 17.2 Å². The molecule has 1 aromatic heterocycles. The van der Waals surface area contributed by atoms with Gasteiger partial charge in [0.1, 0.15) is 0 Å². The molecule has 1 heterocycles. The molecule has 0 aliphatic carbocycles. The molecule has 1 amide bonds. The summed E-state index contributed by atoms with van der Waals surface area (Å²) in [6.45, 7) is 4.94. The van der Waals surface area contributed by atoms with Crippen molar-refractivity contribution in [3.05, 3.63) is 57.7 Å². The van der Waals surface area contributed by atoms with E-state index < -0.39 is 0 Å². The SMILES string of the molecule is CCCc1sc(=NC(=O)c2cc(OC)c(OC)c(OC)c2)n(CC)c1-c1ccccc1. The van der Waals surface area contributed by atoms with Crippen molar-refractivity contribution in [3.63, 3.8) is 0 Å². The number of methoxy groups -OCH3 is 3. The standard InChI is InChI=1S/C24H28N2O4S/c1-6-11-20-21(16-12-9-8-10-13-16)26(7-2)24(31-20)25-23(27)17-14-18(28-3)22(30-5)19(15-17)29-4/h8-10,12-15H,6-7,11H2,1-5H3. The van der Waals surface area contributed by atoms with Crippen molar-refractivity contribution in [2.75, 3.05) is 21.3 Å². The first-order valence-corrected chi connectivity index (χ1v) is 11.1. The summed E-state index contributed by atoms with van der Waals surface area (Å²) in [7, 11) is 4.58. The first-order chi connectivity index (χ1) is 15.1. The number of rotatable bonds is 8. The lowest BCUT2D eigenvalue weighted by molar-refractivity contribution is 0.0997. The Kier molecular flexibility index (Phi) is 7.52. The van der Waals surface area contributed by atoms with Crippen molar-refractivity contribution in [2.45, 2.75) is 33.2 Å². The molecule has 3 rings (SSSR count). The van der Waals surface area contributed by atoms with Gasteiger partial charge in [-0.1, -0.05) is 43.7 Å². The minimum Gasteiger partial charge on any atom is -0.493 e. The van der Waals surface area contributed by atoms with Gasteiger partial charge in [-0.05, 0) is 31.0 Å². The first kappa shape index (κ1) is 22.6. The molecule has 0 radical (unpaired) electrons. The van der Waals surface area contributed by atoms with E-state index in [9.17, 15) is 4.79 Å². The number of carbonyl (C=O) groups excluding carboxylic acids is 1. The van der Waals surface area contributed by atoms with Crippen molar-refractivity contribution < 1.29 is 19.0 Å². The second kappa shape index (κ2) is 10.3. The molecular formula is C24H28N2O4S. The van der Waals surface area contributed by atoms with Crippen molar-refractivity contribution in [1.82, 2.24) is 4.57 Å². The molecule has 31 heavy (non-hydrogen) atoms.